The Morgan fingerprint density at radius 3 is 2.00 bits per heavy atom. The lowest BCUT2D eigenvalue weighted by molar-refractivity contribution is -0.134. The Balaban J connectivity index is 5.86. The Kier molecular flexibility index (Phi) is 10.2. The van der Waals surface area contributed by atoms with Gasteiger partial charge in [-0.1, -0.05) is 40.7 Å². The molecule has 0 amide bonds. The van der Waals surface area contributed by atoms with Gasteiger partial charge in [-0.05, 0) is 44.3 Å². The number of aliphatic hydroxyl groups is 1. The fraction of sp³-hybridized carbons (Fsp3) is 0.714. The second kappa shape index (κ2) is 10.8. The Morgan fingerprint density at radius 2 is 1.63 bits per heavy atom. The van der Waals surface area contributed by atoms with Gasteiger partial charge in [0.15, 0.2) is 5.78 Å². The molecule has 0 rings (SSSR count). The van der Waals surface area contributed by atoms with E-state index < -0.39 is 31.7 Å². The molecule has 0 aromatic rings. The third kappa shape index (κ3) is 6.61. The van der Waals surface area contributed by atoms with Crippen molar-refractivity contribution in [3.05, 3.63) is 24.5 Å². The van der Waals surface area contributed by atoms with Crippen LogP contribution in [0.3, 0.4) is 0 Å². The number of carboxylic acids is 1. The van der Waals surface area contributed by atoms with Gasteiger partial charge in [0.25, 0.3) is 0 Å². The summed E-state index contributed by atoms with van der Waals surface area (Å²) < 4.78 is 6.32. The molecule has 0 saturated heterocycles. The fourth-order valence-corrected chi connectivity index (χ4v) is 6.10. The van der Waals surface area contributed by atoms with Crippen molar-refractivity contribution in [2.45, 2.75) is 79.1 Å². The number of carbonyl (C=O) groups is 2. The topological polar surface area (TPSA) is 83.8 Å². The summed E-state index contributed by atoms with van der Waals surface area (Å²) in [5.41, 5.74) is -1.13. The maximum absolute atomic E-state index is 13.2. The maximum Gasteiger partial charge on any atom is 0.331 e. The van der Waals surface area contributed by atoms with Gasteiger partial charge in [0.2, 0.25) is 8.32 Å². The summed E-state index contributed by atoms with van der Waals surface area (Å²) >= 11 is 0. The van der Waals surface area contributed by atoms with Crippen molar-refractivity contribution in [2.75, 3.05) is 0 Å². The summed E-state index contributed by atoms with van der Waals surface area (Å²) in [6.45, 7) is 16.8. The number of carbonyl (C=O) groups excluding carboxylic acids is 1. The number of aliphatic carboxylic acids is 1. The molecule has 0 aliphatic carbocycles. The zero-order chi connectivity index (χ0) is 21.4. The molecule has 5 nitrogen and oxygen atoms in total. The normalized spacial score (nSPS) is 16.4. The van der Waals surface area contributed by atoms with E-state index in [9.17, 15) is 19.8 Å². The number of ketones is 1. The highest BCUT2D eigenvalue weighted by molar-refractivity contribution is 6.73. The molecule has 0 unspecified atom stereocenters. The van der Waals surface area contributed by atoms with Crippen LogP contribution in [0.1, 0.15) is 54.9 Å². The van der Waals surface area contributed by atoms with Crippen molar-refractivity contribution in [3.63, 3.8) is 0 Å². The van der Waals surface area contributed by atoms with E-state index in [1.165, 1.54) is 0 Å². The van der Waals surface area contributed by atoms with Crippen LogP contribution in [0.5, 0.6) is 0 Å². The Labute approximate surface area is 165 Å². The third-order valence-corrected chi connectivity index (χ3v) is 10.3. The molecule has 0 bridgehead atoms. The Bertz CT molecular complexity index is 541. The zero-order valence-electron chi connectivity index (χ0n) is 18.0. The number of hydrogen-bond donors (Lipinski definition) is 2. The molecule has 156 valence electrons. The van der Waals surface area contributed by atoms with Gasteiger partial charge in [0, 0.05) is 5.92 Å². The van der Waals surface area contributed by atoms with Crippen molar-refractivity contribution in [2.24, 2.45) is 17.3 Å². The van der Waals surface area contributed by atoms with Gasteiger partial charge < -0.3 is 14.6 Å². The molecule has 0 saturated carbocycles. The second-order valence-electron chi connectivity index (χ2n) is 7.96. The van der Waals surface area contributed by atoms with Crippen molar-refractivity contribution in [3.8, 4) is 0 Å². The van der Waals surface area contributed by atoms with Crippen molar-refractivity contribution < 1.29 is 24.2 Å². The van der Waals surface area contributed by atoms with Crippen LogP contribution in [0, 0.1) is 17.3 Å². The van der Waals surface area contributed by atoms with Gasteiger partial charge in [-0.15, -0.1) is 6.58 Å². The number of hydrogen-bond acceptors (Lipinski definition) is 4. The highest BCUT2D eigenvalue weighted by atomic mass is 28.4. The van der Waals surface area contributed by atoms with E-state index in [1.54, 1.807) is 26.8 Å². The minimum Gasteiger partial charge on any atom is -0.545 e. The quantitative estimate of drug-likeness (QED) is 0.202. The van der Waals surface area contributed by atoms with E-state index >= 15 is 0 Å². The number of Topliss-reactive ketones (excluding diaryl/α,β-unsaturated/α-hetero) is 1. The first-order chi connectivity index (χ1) is 12.4. The molecule has 0 aliphatic heterocycles. The minimum absolute atomic E-state index is 0.111. The van der Waals surface area contributed by atoms with E-state index in [2.05, 4.69) is 27.4 Å². The molecule has 0 radical (unpaired) electrons. The fourth-order valence-electron chi connectivity index (χ4n) is 3.39. The summed E-state index contributed by atoms with van der Waals surface area (Å²) in [7, 11) is -2.16. The van der Waals surface area contributed by atoms with Crippen LogP contribution >= 0.6 is 0 Å². The minimum atomic E-state index is -2.16. The largest absolute Gasteiger partial charge is 0.545 e. The van der Waals surface area contributed by atoms with E-state index in [1.807, 2.05) is 6.92 Å². The van der Waals surface area contributed by atoms with Crippen LogP contribution in [-0.2, 0) is 14.0 Å². The molecule has 0 aliphatic rings. The predicted octanol–water partition coefficient (Wildman–Crippen LogP) is 4.78. The van der Waals surface area contributed by atoms with Crippen LogP contribution < -0.4 is 0 Å². The summed E-state index contributed by atoms with van der Waals surface area (Å²) in [5, 5.41) is 19.9. The lowest BCUT2D eigenvalue weighted by Crippen LogP contribution is -2.44. The average Bonchev–Trinajstić information content (AvgIpc) is 2.63. The van der Waals surface area contributed by atoms with Gasteiger partial charge in [-0.3, -0.25) is 4.79 Å². The number of allylic oxidation sites excluding steroid dienone is 2. The van der Waals surface area contributed by atoms with Gasteiger partial charge in [-0.25, -0.2) is 4.79 Å². The zero-order valence-corrected chi connectivity index (χ0v) is 19.0. The first-order valence-corrected chi connectivity index (χ1v) is 12.4. The molecule has 6 heteroatoms. The molecule has 27 heavy (non-hydrogen) atoms. The Morgan fingerprint density at radius 1 is 1.15 bits per heavy atom. The maximum atomic E-state index is 13.2. The van der Waals surface area contributed by atoms with Gasteiger partial charge in [-0.2, -0.15) is 0 Å². The van der Waals surface area contributed by atoms with Crippen LogP contribution in [0.25, 0.3) is 0 Å². The molecular weight excluding hydrogens is 360 g/mol. The van der Waals surface area contributed by atoms with Crippen molar-refractivity contribution in [1.29, 1.82) is 0 Å². The van der Waals surface area contributed by atoms with Crippen LogP contribution in [0.2, 0.25) is 18.1 Å². The third-order valence-electron chi connectivity index (χ3n) is 5.79. The summed E-state index contributed by atoms with van der Waals surface area (Å²) in [6.07, 6.45) is 2.52. The first kappa shape index (κ1) is 25.6. The summed E-state index contributed by atoms with van der Waals surface area (Å²) in [6, 6.07) is 2.53. The number of aliphatic hydroxyl groups excluding tert-OH is 1. The van der Waals surface area contributed by atoms with Crippen LogP contribution in [0.15, 0.2) is 24.5 Å². The molecule has 0 aromatic carbocycles. The lowest BCUT2D eigenvalue weighted by atomic mass is 9.75. The molecule has 0 spiro atoms. The van der Waals surface area contributed by atoms with Gasteiger partial charge in [0.1, 0.15) is 0 Å². The standard InChI is InChI=1S/C21H38O5Si/c1-9-13-15(5)19(24)16(6)20(25)21(7,8)17(14-18(22)23)26-27(10-2,11-3)12-4/h9,14-16,19,24H,1,10-13H2,2-8H3,(H,22,23)/t15-,16+,19+/m0/s1. The lowest BCUT2D eigenvalue weighted by Gasteiger charge is -2.38. The summed E-state index contributed by atoms with van der Waals surface area (Å²) in [4.78, 5) is 24.6. The average molecular weight is 399 g/mol. The predicted molar refractivity (Wildman–Crippen MR) is 112 cm³/mol. The molecule has 3 atom stereocenters. The SMILES string of the molecule is C=CC[C@H](C)[C@@H](O)[C@@H](C)C(=O)C(C)(C)C(=CC(=O)O)O[Si](CC)(CC)CC. The monoisotopic (exact) mass is 398 g/mol. The molecule has 0 fully saturated rings. The molecule has 0 heterocycles. The highest BCUT2D eigenvalue weighted by Crippen LogP contribution is 2.37. The van der Waals surface area contributed by atoms with Gasteiger partial charge in [0.05, 0.1) is 23.4 Å². The smallest absolute Gasteiger partial charge is 0.331 e. The van der Waals surface area contributed by atoms with E-state index in [4.69, 9.17) is 4.43 Å². The van der Waals surface area contributed by atoms with Crippen molar-refractivity contribution in [1.82, 2.24) is 0 Å². The molecule has 0 aromatic heterocycles. The van der Waals surface area contributed by atoms with Crippen LogP contribution in [-0.4, -0.2) is 36.4 Å². The molecule has 2 N–H and O–H groups in total. The second-order valence-corrected chi connectivity index (χ2v) is 12.7. The molecular formula is C21H38O5Si. The highest BCUT2D eigenvalue weighted by Gasteiger charge is 2.43. The Hall–Kier alpha value is -1.40. The van der Waals surface area contributed by atoms with Crippen molar-refractivity contribution >= 4 is 20.1 Å². The van der Waals surface area contributed by atoms with Gasteiger partial charge >= 0.3 is 5.97 Å². The van der Waals surface area contributed by atoms with E-state index in [0.29, 0.717) is 6.42 Å². The van der Waals surface area contributed by atoms with E-state index in [-0.39, 0.29) is 17.5 Å². The van der Waals surface area contributed by atoms with Crippen LogP contribution in [0.4, 0.5) is 0 Å². The number of rotatable bonds is 13. The van der Waals surface area contributed by atoms with E-state index in [0.717, 1.165) is 24.2 Å². The first-order valence-electron chi connectivity index (χ1n) is 9.89. The number of carboxylic acid groups (broad SMARTS) is 1. The summed E-state index contributed by atoms with van der Waals surface area (Å²) in [5.74, 6) is -1.90.